The minimum atomic E-state index is -1.01. The zero-order valence-corrected chi connectivity index (χ0v) is 15.7. The van der Waals surface area contributed by atoms with E-state index in [4.69, 9.17) is 21.6 Å². The summed E-state index contributed by atoms with van der Waals surface area (Å²) in [6.45, 7) is 3.18. The summed E-state index contributed by atoms with van der Waals surface area (Å²) in [5.74, 6) is -1.01. The van der Waals surface area contributed by atoms with Gasteiger partial charge in [0.2, 0.25) is 0 Å². The highest BCUT2D eigenvalue weighted by atomic mass is 28.2. The second-order valence-electron chi connectivity index (χ2n) is 6.36. The standard InChI is InChI=1S/C16H39N3OSi/c1-2-3-4-5-6-7-8-9-10-11-12-14-20-21-15-13-16(17,18)19/h2-15,17-19,21H2,1H3. The molecule has 128 valence electrons. The average molecular weight is 318 g/mol. The van der Waals surface area contributed by atoms with Crippen molar-refractivity contribution in [2.75, 3.05) is 6.61 Å². The Hall–Kier alpha value is 0.0569. The van der Waals surface area contributed by atoms with Crippen LogP contribution in [0.15, 0.2) is 0 Å². The van der Waals surface area contributed by atoms with Crippen molar-refractivity contribution in [1.29, 1.82) is 0 Å². The lowest BCUT2D eigenvalue weighted by molar-refractivity contribution is 0.315. The van der Waals surface area contributed by atoms with Gasteiger partial charge in [-0.15, -0.1) is 0 Å². The smallest absolute Gasteiger partial charge is 0.161 e. The van der Waals surface area contributed by atoms with Crippen molar-refractivity contribution >= 4 is 9.76 Å². The van der Waals surface area contributed by atoms with Crippen molar-refractivity contribution in [3.63, 3.8) is 0 Å². The van der Waals surface area contributed by atoms with E-state index in [2.05, 4.69) is 6.92 Å². The third-order valence-corrected chi connectivity index (χ3v) is 5.01. The fourth-order valence-electron chi connectivity index (χ4n) is 2.45. The maximum absolute atomic E-state index is 5.68. The Bertz CT molecular complexity index is 210. The molecular weight excluding hydrogens is 278 g/mol. The van der Waals surface area contributed by atoms with Gasteiger partial charge in [-0.3, -0.25) is 0 Å². The Morgan fingerprint density at radius 1 is 0.762 bits per heavy atom. The predicted octanol–water partition coefficient (Wildman–Crippen LogP) is 2.74. The van der Waals surface area contributed by atoms with Crippen LogP contribution in [0, 0.1) is 0 Å². The SMILES string of the molecule is CCCCCCCCCCCCCO[SiH2]CCC(N)(N)N. The Balaban J connectivity index is 3.00. The molecule has 0 aromatic rings. The molecule has 0 bridgehead atoms. The van der Waals surface area contributed by atoms with E-state index >= 15 is 0 Å². The molecule has 0 spiro atoms. The number of nitrogens with two attached hydrogens (primary N) is 3. The fraction of sp³-hybridized carbons (Fsp3) is 1.00. The molecule has 0 aromatic heterocycles. The maximum Gasteiger partial charge on any atom is 0.161 e. The van der Waals surface area contributed by atoms with Crippen molar-refractivity contribution in [3.8, 4) is 0 Å². The number of rotatable bonds is 16. The van der Waals surface area contributed by atoms with Gasteiger partial charge in [0.05, 0.1) is 0 Å². The van der Waals surface area contributed by atoms with Crippen molar-refractivity contribution in [2.45, 2.75) is 95.8 Å². The first-order chi connectivity index (χ1) is 10.1. The van der Waals surface area contributed by atoms with Gasteiger partial charge in [0.15, 0.2) is 9.76 Å². The molecule has 0 fully saturated rings. The summed E-state index contributed by atoms with van der Waals surface area (Å²) in [6.07, 6.45) is 15.8. The Morgan fingerprint density at radius 2 is 1.24 bits per heavy atom. The quantitative estimate of drug-likeness (QED) is 0.232. The van der Waals surface area contributed by atoms with Crippen LogP contribution in [-0.2, 0) is 4.43 Å². The molecule has 0 aromatic carbocycles. The zero-order valence-electron chi connectivity index (χ0n) is 14.2. The molecule has 0 aliphatic heterocycles. The largest absolute Gasteiger partial charge is 0.424 e. The topological polar surface area (TPSA) is 87.3 Å². The minimum Gasteiger partial charge on any atom is -0.424 e. The molecule has 4 nitrogen and oxygen atoms in total. The summed E-state index contributed by atoms with van der Waals surface area (Å²) < 4.78 is 5.68. The molecule has 0 amide bonds. The van der Waals surface area contributed by atoms with Crippen LogP contribution in [0.1, 0.15) is 84.0 Å². The van der Waals surface area contributed by atoms with E-state index in [1.807, 2.05) is 0 Å². The Kier molecular flexibility index (Phi) is 15.0. The van der Waals surface area contributed by atoms with Crippen molar-refractivity contribution in [1.82, 2.24) is 0 Å². The molecule has 5 heteroatoms. The zero-order chi connectivity index (χ0) is 15.8. The van der Waals surface area contributed by atoms with Crippen molar-refractivity contribution in [2.24, 2.45) is 17.2 Å². The average Bonchev–Trinajstić information content (AvgIpc) is 2.42. The summed E-state index contributed by atoms with van der Waals surface area (Å²) in [7, 11) is -0.467. The first kappa shape index (κ1) is 21.1. The molecule has 0 radical (unpaired) electrons. The van der Waals surface area contributed by atoms with E-state index < -0.39 is 15.5 Å². The van der Waals surface area contributed by atoms with Gasteiger partial charge in [-0.1, -0.05) is 71.1 Å². The lowest BCUT2D eigenvalue weighted by Gasteiger charge is -2.17. The van der Waals surface area contributed by atoms with E-state index in [0.29, 0.717) is 6.42 Å². The number of unbranched alkanes of at least 4 members (excludes halogenated alkanes) is 10. The summed E-state index contributed by atoms with van der Waals surface area (Å²) in [4.78, 5) is 0. The molecular formula is C16H39N3OSi. The third-order valence-electron chi connectivity index (χ3n) is 3.79. The van der Waals surface area contributed by atoms with E-state index in [0.717, 1.165) is 12.7 Å². The van der Waals surface area contributed by atoms with Crippen LogP contribution in [0.5, 0.6) is 0 Å². The fourth-order valence-corrected chi connectivity index (χ4v) is 3.82. The third kappa shape index (κ3) is 20.1. The lowest BCUT2D eigenvalue weighted by atomic mass is 10.1. The Morgan fingerprint density at radius 3 is 1.71 bits per heavy atom. The molecule has 0 aliphatic rings. The van der Waals surface area contributed by atoms with E-state index in [9.17, 15) is 0 Å². The molecule has 0 saturated carbocycles. The van der Waals surface area contributed by atoms with E-state index in [-0.39, 0.29) is 0 Å². The van der Waals surface area contributed by atoms with Crippen LogP contribution >= 0.6 is 0 Å². The summed E-state index contributed by atoms with van der Waals surface area (Å²) in [6, 6.07) is 0.974. The van der Waals surface area contributed by atoms with Crippen LogP contribution in [0.4, 0.5) is 0 Å². The Labute approximate surface area is 134 Å². The van der Waals surface area contributed by atoms with Gasteiger partial charge in [-0.05, 0) is 18.9 Å². The van der Waals surface area contributed by atoms with Gasteiger partial charge in [-0.2, -0.15) is 0 Å². The van der Waals surface area contributed by atoms with Crippen molar-refractivity contribution < 1.29 is 4.43 Å². The molecule has 0 rings (SSSR count). The van der Waals surface area contributed by atoms with Gasteiger partial charge in [0, 0.05) is 6.61 Å². The highest BCUT2D eigenvalue weighted by Crippen LogP contribution is 2.11. The summed E-state index contributed by atoms with van der Waals surface area (Å²) in [5.41, 5.74) is 16.5. The monoisotopic (exact) mass is 317 g/mol. The number of hydrogen-bond donors (Lipinski definition) is 3. The van der Waals surface area contributed by atoms with Gasteiger partial charge in [-0.25, -0.2) is 0 Å². The van der Waals surface area contributed by atoms with Crippen molar-refractivity contribution in [3.05, 3.63) is 0 Å². The predicted molar refractivity (Wildman–Crippen MR) is 95.7 cm³/mol. The van der Waals surface area contributed by atoms with Gasteiger partial charge in [0.1, 0.15) is 5.79 Å². The van der Waals surface area contributed by atoms with Crippen LogP contribution in [-0.4, -0.2) is 22.2 Å². The maximum atomic E-state index is 5.68. The molecule has 21 heavy (non-hydrogen) atoms. The normalized spacial score (nSPS) is 12.6. The molecule has 0 heterocycles. The van der Waals surface area contributed by atoms with Gasteiger partial charge < -0.3 is 21.6 Å². The number of hydrogen-bond acceptors (Lipinski definition) is 4. The van der Waals surface area contributed by atoms with E-state index in [1.165, 1.54) is 70.6 Å². The molecule has 0 saturated heterocycles. The van der Waals surface area contributed by atoms with Gasteiger partial charge in [0.25, 0.3) is 0 Å². The van der Waals surface area contributed by atoms with Crippen LogP contribution in [0.25, 0.3) is 0 Å². The molecule has 0 unspecified atom stereocenters. The summed E-state index contributed by atoms with van der Waals surface area (Å²) >= 11 is 0. The van der Waals surface area contributed by atoms with Crippen LogP contribution < -0.4 is 17.2 Å². The second kappa shape index (κ2) is 15.0. The van der Waals surface area contributed by atoms with Crippen LogP contribution in [0.3, 0.4) is 0 Å². The summed E-state index contributed by atoms with van der Waals surface area (Å²) in [5, 5.41) is 0. The molecule has 6 N–H and O–H groups in total. The highest BCUT2D eigenvalue weighted by molar-refractivity contribution is 6.27. The lowest BCUT2D eigenvalue weighted by Crippen LogP contribution is -2.57. The van der Waals surface area contributed by atoms with Gasteiger partial charge >= 0.3 is 0 Å². The molecule has 0 atom stereocenters. The van der Waals surface area contributed by atoms with E-state index in [1.54, 1.807) is 0 Å². The molecule has 0 aliphatic carbocycles. The minimum absolute atomic E-state index is 0.467. The first-order valence-electron chi connectivity index (χ1n) is 9.00. The van der Waals surface area contributed by atoms with Crippen LogP contribution in [0.2, 0.25) is 6.04 Å². The first-order valence-corrected chi connectivity index (χ1v) is 10.6. The second-order valence-corrected chi connectivity index (χ2v) is 7.89. The highest BCUT2D eigenvalue weighted by Gasteiger charge is 2.10.